The molecule has 2 heterocycles. The standard InChI is InChI=1S/C6H3FO2/c7-6-3-5-4(9-6)1-2-8-5/h1-3H. The monoisotopic (exact) mass is 126 g/mol. The average Bonchev–Trinajstić information content (AvgIpc) is 2.22. The lowest BCUT2D eigenvalue weighted by atomic mass is 10.5. The van der Waals surface area contributed by atoms with Crippen molar-refractivity contribution in [1.82, 2.24) is 0 Å². The summed E-state index contributed by atoms with van der Waals surface area (Å²) in [6, 6.07) is 2.16. The molecule has 0 saturated heterocycles. The van der Waals surface area contributed by atoms with Crippen LogP contribution in [0.2, 0.25) is 0 Å². The first-order valence-corrected chi connectivity index (χ1v) is 2.49. The van der Waals surface area contributed by atoms with Crippen molar-refractivity contribution in [1.29, 1.82) is 0 Å². The van der Waals surface area contributed by atoms with Crippen LogP contribution < -0.4 is 0 Å². The number of rotatable bonds is 0. The fourth-order valence-electron chi connectivity index (χ4n) is 0.736. The molecule has 2 rings (SSSR count). The lowest BCUT2D eigenvalue weighted by molar-refractivity contribution is 0.381. The van der Waals surface area contributed by atoms with Crippen LogP contribution in [0.5, 0.6) is 0 Å². The first kappa shape index (κ1) is 4.61. The van der Waals surface area contributed by atoms with E-state index >= 15 is 0 Å². The largest absolute Gasteiger partial charge is 0.461 e. The van der Waals surface area contributed by atoms with E-state index in [1.807, 2.05) is 0 Å². The minimum Gasteiger partial charge on any atom is -0.461 e. The number of furan rings is 2. The van der Waals surface area contributed by atoms with Crippen LogP contribution in [0.25, 0.3) is 11.2 Å². The van der Waals surface area contributed by atoms with Crippen LogP contribution >= 0.6 is 0 Å². The molecule has 0 aliphatic rings. The maximum Gasteiger partial charge on any atom is 0.282 e. The second-order valence-electron chi connectivity index (χ2n) is 1.70. The Morgan fingerprint density at radius 3 is 3.00 bits per heavy atom. The quantitative estimate of drug-likeness (QED) is 0.540. The fourth-order valence-corrected chi connectivity index (χ4v) is 0.736. The van der Waals surface area contributed by atoms with Gasteiger partial charge >= 0.3 is 0 Å². The van der Waals surface area contributed by atoms with Crippen molar-refractivity contribution in [3.8, 4) is 0 Å². The Balaban J connectivity index is 2.92. The summed E-state index contributed by atoms with van der Waals surface area (Å²) in [5, 5.41) is 0. The minimum absolute atomic E-state index is 0.451. The molecule has 3 heteroatoms. The molecule has 46 valence electrons. The average molecular weight is 126 g/mol. The van der Waals surface area contributed by atoms with Gasteiger partial charge in [0, 0.05) is 6.07 Å². The molecular formula is C6H3FO2. The summed E-state index contributed by atoms with van der Waals surface area (Å²) in [6.45, 7) is 0. The van der Waals surface area contributed by atoms with Gasteiger partial charge in [-0.25, -0.2) is 0 Å². The summed E-state index contributed by atoms with van der Waals surface area (Å²) in [5.74, 6) is 0. The van der Waals surface area contributed by atoms with E-state index in [0.29, 0.717) is 11.2 Å². The number of halogens is 1. The Hall–Kier alpha value is -1.25. The van der Waals surface area contributed by atoms with E-state index in [9.17, 15) is 4.39 Å². The molecule has 0 amide bonds. The van der Waals surface area contributed by atoms with Gasteiger partial charge in [-0.2, -0.15) is 4.39 Å². The highest BCUT2D eigenvalue weighted by molar-refractivity contribution is 5.69. The zero-order valence-electron chi connectivity index (χ0n) is 4.43. The molecule has 2 aromatic rings. The summed E-state index contributed by atoms with van der Waals surface area (Å²) >= 11 is 0. The predicted octanol–water partition coefficient (Wildman–Crippen LogP) is 2.16. The molecule has 0 aromatic carbocycles. The van der Waals surface area contributed by atoms with Crippen molar-refractivity contribution in [2.24, 2.45) is 0 Å². The highest BCUT2D eigenvalue weighted by Crippen LogP contribution is 2.18. The summed E-state index contributed by atoms with van der Waals surface area (Å²) in [6.07, 6.45) is 1.45. The van der Waals surface area contributed by atoms with Crippen molar-refractivity contribution in [2.75, 3.05) is 0 Å². The maximum absolute atomic E-state index is 12.1. The zero-order valence-corrected chi connectivity index (χ0v) is 4.43. The van der Waals surface area contributed by atoms with E-state index in [-0.39, 0.29) is 0 Å². The number of hydrogen-bond donors (Lipinski definition) is 0. The van der Waals surface area contributed by atoms with Crippen molar-refractivity contribution in [3.05, 3.63) is 24.4 Å². The van der Waals surface area contributed by atoms with Crippen molar-refractivity contribution in [3.63, 3.8) is 0 Å². The van der Waals surface area contributed by atoms with E-state index in [1.165, 1.54) is 12.3 Å². The molecule has 2 nitrogen and oxygen atoms in total. The van der Waals surface area contributed by atoms with E-state index in [2.05, 4.69) is 4.42 Å². The van der Waals surface area contributed by atoms with Crippen molar-refractivity contribution in [2.45, 2.75) is 0 Å². The number of hydrogen-bond acceptors (Lipinski definition) is 2. The SMILES string of the molecule is Fc1cc2occc2o1. The predicted molar refractivity (Wildman–Crippen MR) is 28.4 cm³/mol. The molecule has 0 N–H and O–H groups in total. The van der Waals surface area contributed by atoms with Gasteiger partial charge in [0.05, 0.1) is 12.3 Å². The second-order valence-corrected chi connectivity index (χ2v) is 1.70. The van der Waals surface area contributed by atoms with Gasteiger partial charge in [-0.1, -0.05) is 0 Å². The molecule has 0 saturated carbocycles. The van der Waals surface area contributed by atoms with Gasteiger partial charge in [-0.3, -0.25) is 0 Å². The van der Waals surface area contributed by atoms with Crippen LogP contribution in [0.4, 0.5) is 4.39 Å². The molecule has 2 aromatic heterocycles. The Labute approximate surface area is 49.9 Å². The van der Waals surface area contributed by atoms with Crippen molar-refractivity contribution < 1.29 is 13.2 Å². The number of fused-ring (bicyclic) bond motifs is 1. The molecule has 0 spiro atoms. The fraction of sp³-hybridized carbons (Fsp3) is 0. The molecule has 0 aliphatic heterocycles. The lowest BCUT2D eigenvalue weighted by Gasteiger charge is -1.68. The highest BCUT2D eigenvalue weighted by Gasteiger charge is 2.02. The van der Waals surface area contributed by atoms with Gasteiger partial charge < -0.3 is 8.83 Å². The maximum atomic E-state index is 12.1. The van der Waals surface area contributed by atoms with Gasteiger partial charge in [-0.15, -0.1) is 0 Å². The van der Waals surface area contributed by atoms with Gasteiger partial charge in [0.25, 0.3) is 6.01 Å². The summed E-state index contributed by atoms with van der Waals surface area (Å²) in [5.41, 5.74) is 0.903. The van der Waals surface area contributed by atoms with E-state index in [1.54, 1.807) is 6.07 Å². The van der Waals surface area contributed by atoms with Gasteiger partial charge in [0.1, 0.15) is 0 Å². The van der Waals surface area contributed by atoms with Crippen LogP contribution in [0.1, 0.15) is 0 Å². The third kappa shape index (κ3) is 0.543. The highest BCUT2D eigenvalue weighted by atomic mass is 19.1. The van der Waals surface area contributed by atoms with Crippen molar-refractivity contribution >= 4 is 11.2 Å². The molecule has 0 unspecified atom stereocenters. The zero-order chi connectivity index (χ0) is 6.27. The lowest BCUT2D eigenvalue weighted by Crippen LogP contribution is -1.52. The molecule has 0 bridgehead atoms. The van der Waals surface area contributed by atoms with E-state index in [4.69, 9.17) is 4.42 Å². The molecule has 0 aliphatic carbocycles. The minimum atomic E-state index is -0.607. The second kappa shape index (κ2) is 1.37. The molecule has 9 heavy (non-hydrogen) atoms. The van der Waals surface area contributed by atoms with Crippen LogP contribution in [-0.2, 0) is 0 Å². The Bertz CT molecular complexity index is 292. The first-order chi connectivity index (χ1) is 4.36. The van der Waals surface area contributed by atoms with E-state index < -0.39 is 6.01 Å². The van der Waals surface area contributed by atoms with E-state index in [0.717, 1.165) is 0 Å². The topological polar surface area (TPSA) is 26.3 Å². The first-order valence-electron chi connectivity index (χ1n) is 2.49. The summed E-state index contributed by atoms with van der Waals surface area (Å²) in [4.78, 5) is 0. The smallest absolute Gasteiger partial charge is 0.282 e. The van der Waals surface area contributed by atoms with Crippen LogP contribution in [-0.4, -0.2) is 0 Å². The molecule has 0 radical (unpaired) electrons. The third-order valence-electron chi connectivity index (χ3n) is 1.11. The van der Waals surface area contributed by atoms with Gasteiger partial charge in [-0.05, 0) is 0 Å². The molecule has 0 fully saturated rings. The Morgan fingerprint density at radius 1 is 1.33 bits per heavy atom. The van der Waals surface area contributed by atoms with Crippen LogP contribution in [0.15, 0.2) is 27.2 Å². The summed E-state index contributed by atoms with van der Waals surface area (Å²) in [7, 11) is 0. The molecular weight excluding hydrogens is 123 g/mol. The van der Waals surface area contributed by atoms with Gasteiger partial charge in [0.15, 0.2) is 11.2 Å². The van der Waals surface area contributed by atoms with Gasteiger partial charge in [0.2, 0.25) is 0 Å². The Morgan fingerprint density at radius 2 is 2.22 bits per heavy atom. The van der Waals surface area contributed by atoms with Crippen LogP contribution in [0.3, 0.4) is 0 Å². The molecule has 0 atom stereocenters. The third-order valence-corrected chi connectivity index (χ3v) is 1.11. The Kier molecular flexibility index (Phi) is 0.704. The van der Waals surface area contributed by atoms with Crippen LogP contribution in [0, 0.1) is 6.01 Å². The summed E-state index contributed by atoms with van der Waals surface area (Å²) < 4.78 is 21.5. The normalized spacial score (nSPS) is 10.8.